The largest absolute Gasteiger partial charge is 0.465 e. The van der Waals surface area contributed by atoms with Crippen LogP contribution in [-0.4, -0.2) is 19.0 Å². The van der Waals surface area contributed by atoms with E-state index in [1.165, 1.54) is 19.2 Å². The Labute approximate surface area is 120 Å². The maximum atomic E-state index is 13.2. The monoisotopic (exact) mass is 288 g/mol. The van der Waals surface area contributed by atoms with Crippen LogP contribution in [0.4, 0.5) is 15.8 Å². The number of hydrogen-bond donors (Lipinski definition) is 2. The second-order valence-electron chi connectivity index (χ2n) is 4.26. The van der Waals surface area contributed by atoms with Gasteiger partial charge in [-0.1, -0.05) is 6.07 Å². The predicted molar refractivity (Wildman–Crippen MR) is 76.5 cm³/mol. The van der Waals surface area contributed by atoms with Crippen molar-refractivity contribution in [1.82, 2.24) is 0 Å². The molecule has 0 aliphatic rings. The fourth-order valence-corrected chi connectivity index (χ4v) is 1.78. The molecule has 0 aliphatic heterocycles. The molecule has 0 heterocycles. The van der Waals surface area contributed by atoms with Gasteiger partial charge in [0, 0.05) is 11.3 Å². The van der Waals surface area contributed by atoms with E-state index < -0.39 is 17.7 Å². The van der Waals surface area contributed by atoms with Gasteiger partial charge in [-0.3, -0.25) is 4.79 Å². The molecule has 0 spiro atoms. The van der Waals surface area contributed by atoms with E-state index in [9.17, 15) is 14.0 Å². The van der Waals surface area contributed by atoms with Gasteiger partial charge in [-0.25, -0.2) is 9.18 Å². The summed E-state index contributed by atoms with van der Waals surface area (Å²) in [4.78, 5) is 23.7. The number of nitrogens with two attached hydrogens (primary N) is 1. The van der Waals surface area contributed by atoms with Gasteiger partial charge in [-0.05, 0) is 36.4 Å². The van der Waals surface area contributed by atoms with Crippen molar-refractivity contribution in [2.75, 3.05) is 18.2 Å². The van der Waals surface area contributed by atoms with E-state index in [0.29, 0.717) is 11.3 Å². The highest BCUT2D eigenvalue weighted by Crippen LogP contribution is 2.19. The van der Waals surface area contributed by atoms with Crippen LogP contribution in [0, 0.1) is 5.82 Å². The summed E-state index contributed by atoms with van der Waals surface area (Å²) < 4.78 is 17.8. The SMILES string of the molecule is COC(=O)c1cc(F)ccc1NC(=O)c1cccc(N)c1. The second-order valence-corrected chi connectivity index (χ2v) is 4.26. The van der Waals surface area contributed by atoms with Crippen molar-refractivity contribution < 1.29 is 18.7 Å². The first-order chi connectivity index (χ1) is 10.0. The average Bonchev–Trinajstić information content (AvgIpc) is 2.48. The summed E-state index contributed by atoms with van der Waals surface area (Å²) in [7, 11) is 1.18. The van der Waals surface area contributed by atoms with Crippen molar-refractivity contribution >= 4 is 23.3 Å². The standard InChI is InChI=1S/C15H13FN2O3/c1-21-15(20)12-8-10(16)5-6-13(12)18-14(19)9-3-2-4-11(17)7-9/h2-8H,17H2,1H3,(H,18,19). The zero-order valence-electron chi connectivity index (χ0n) is 11.2. The third kappa shape index (κ3) is 3.36. The summed E-state index contributed by atoms with van der Waals surface area (Å²) in [6.45, 7) is 0. The van der Waals surface area contributed by atoms with Crippen LogP contribution in [-0.2, 0) is 4.74 Å². The van der Waals surface area contributed by atoms with Crippen LogP contribution in [0.1, 0.15) is 20.7 Å². The zero-order chi connectivity index (χ0) is 15.4. The van der Waals surface area contributed by atoms with Gasteiger partial charge in [-0.2, -0.15) is 0 Å². The number of ether oxygens (including phenoxy) is 1. The molecule has 108 valence electrons. The van der Waals surface area contributed by atoms with Gasteiger partial charge in [-0.15, -0.1) is 0 Å². The van der Waals surface area contributed by atoms with E-state index in [4.69, 9.17) is 5.73 Å². The maximum absolute atomic E-state index is 13.2. The number of anilines is 2. The summed E-state index contributed by atoms with van der Waals surface area (Å²) in [6.07, 6.45) is 0. The number of carbonyl (C=O) groups excluding carboxylic acids is 2. The lowest BCUT2D eigenvalue weighted by molar-refractivity contribution is 0.0601. The van der Waals surface area contributed by atoms with Crippen molar-refractivity contribution in [3.05, 3.63) is 59.4 Å². The van der Waals surface area contributed by atoms with Crippen LogP contribution >= 0.6 is 0 Å². The molecule has 1 amide bonds. The smallest absolute Gasteiger partial charge is 0.340 e. The third-order valence-corrected chi connectivity index (χ3v) is 2.78. The lowest BCUT2D eigenvalue weighted by atomic mass is 10.1. The molecule has 0 bridgehead atoms. The van der Waals surface area contributed by atoms with Gasteiger partial charge in [0.15, 0.2) is 0 Å². The van der Waals surface area contributed by atoms with Crippen molar-refractivity contribution in [3.63, 3.8) is 0 Å². The Kier molecular flexibility index (Phi) is 4.18. The van der Waals surface area contributed by atoms with Crippen molar-refractivity contribution in [2.45, 2.75) is 0 Å². The molecule has 5 nitrogen and oxygen atoms in total. The minimum atomic E-state index is -0.739. The fraction of sp³-hybridized carbons (Fsp3) is 0.0667. The lowest BCUT2D eigenvalue weighted by Crippen LogP contribution is -2.15. The first-order valence-corrected chi connectivity index (χ1v) is 6.06. The average molecular weight is 288 g/mol. The van der Waals surface area contributed by atoms with Crippen LogP contribution in [0.15, 0.2) is 42.5 Å². The molecule has 0 fully saturated rings. The molecule has 3 N–H and O–H groups in total. The van der Waals surface area contributed by atoms with Crippen molar-refractivity contribution in [2.24, 2.45) is 0 Å². The number of esters is 1. The summed E-state index contributed by atoms with van der Waals surface area (Å²) in [5.41, 5.74) is 6.48. The van der Waals surface area contributed by atoms with E-state index in [-0.39, 0.29) is 11.3 Å². The van der Waals surface area contributed by atoms with Crippen molar-refractivity contribution in [3.8, 4) is 0 Å². The van der Waals surface area contributed by atoms with Gasteiger partial charge in [0.2, 0.25) is 0 Å². The fourth-order valence-electron chi connectivity index (χ4n) is 1.78. The van der Waals surface area contributed by atoms with E-state index in [0.717, 1.165) is 12.1 Å². The Hall–Kier alpha value is -2.89. The number of rotatable bonds is 3. The number of nitrogen functional groups attached to an aromatic ring is 1. The number of benzene rings is 2. The van der Waals surface area contributed by atoms with E-state index in [2.05, 4.69) is 10.1 Å². The molecule has 0 saturated carbocycles. The van der Waals surface area contributed by atoms with Gasteiger partial charge in [0.1, 0.15) is 5.82 Å². The summed E-state index contributed by atoms with van der Waals surface area (Å²) in [6, 6.07) is 9.79. The molecule has 0 saturated heterocycles. The minimum Gasteiger partial charge on any atom is -0.465 e. The Morgan fingerprint density at radius 1 is 1.19 bits per heavy atom. The molecule has 2 aromatic carbocycles. The number of hydrogen-bond acceptors (Lipinski definition) is 4. The first-order valence-electron chi connectivity index (χ1n) is 6.06. The molecule has 0 aliphatic carbocycles. The predicted octanol–water partition coefficient (Wildman–Crippen LogP) is 2.45. The topological polar surface area (TPSA) is 81.4 Å². The van der Waals surface area contributed by atoms with Gasteiger partial charge < -0.3 is 15.8 Å². The third-order valence-electron chi connectivity index (χ3n) is 2.78. The van der Waals surface area contributed by atoms with E-state index in [1.54, 1.807) is 18.2 Å². The molecule has 2 aromatic rings. The van der Waals surface area contributed by atoms with Gasteiger partial charge in [0.05, 0.1) is 18.4 Å². The van der Waals surface area contributed by atoms with Crippen molar-refractivity contribution in [1.29, 1.82) is 0 Å². The van der Waals surface area contributed by atoms with Gasteiger partial charge in [0.25, 0.3) is 5.91 Å². The lowest BCUT2D eigenvalue weighted by Gasteiger charge is -2.10. The van der Waals surface area contributed by atoms with Crippen LogP contribution in [0.3, 0.4) is 0 Å². The minimum absolute atomic E-state index is 0.0604. The Balaban J connectivity index is 2.31. The Bertz CT molecular complexity index is 701. The van der Waals surface area contributed by atoms with Crippen LogP contribution in [0.25, 0.3) is 0 Å². The van der Waals surface area contributed by atoms with Crippen LogP contribution in [0.2, 0.25) is 0 Å². The molecule has 21 heavy (non-hydrogen) atoms. The van der Waals surface area contributed by atoms with E-state index in [1.807, 2.05) is 0 Å². The van der Waals surface area contributed by atoms with E-state index >= 15 is 0 Å². The number of halogens is 1. The summed E-state index contributed by atoms with van der Waals surface area (Å²) >= 11 is 0. The quantitative estimate of drug-likeness (QED) is 0.671. The number of amides is 1. The summed E-state index contributed by atoms with van der Waals surface area (Å²) in [5.74, 6) is -1.80. The molecule has 6 heteroatoms. The normalized spacial score (nSPS) is 10.0. The second kappa shape index (κ2) is 6.04. The molecular weight excluding hydrogens is 275 g/mol. The number of methoxy groups -OCH3 is 1. The first kappa shape index (κ1) is 14.5. The molecule has 0 atom stereocenters. The molecule has 0 aromatic heterocycles. The zero-order valence-corrected chi connectivity index (χ0v) is 11.2. The van der Waals surface area contributed by atoms with Crippen LogP contribution in [0.5, 0.6) is 0 Å². The molecular formula is C15H13FN2O3. The summed E-state index contributed by atoms with van der Waals surface area (Å²) in [5, 5.41) is 2.53. The number of nitrogens with one attached hydrogen (secondary N) is 1. The Morgan fingerprint density at radius 2 is 1.95 bits per heavy atom. The molecule has 2 rings (SSSR count). The highest BCUT2D eigenvalue weighted by molar-refractivity contribution is 6.08. The van der Waals surface area contributed by atoms with Gasteiger partial charge >= 0.3 is 5.97 Å². The Morgan fingerprint density at radius 3 is 2.62 bits per heavy atom. The molecule has 0 unspecified atom stereocenters. The highest BCUT2D eigenvalue weighted by atomic mass is 19.1. The molecule has 0 radical (unpaired) electrons. The highest BCUT2D eigenvalue weighted by Gasteiger charge is 2.16. The van der Waals surface area contributed by atoms with Crippen LogP contribution < -0.4 is 11.1 Å². The maximum Gasteiger partial charge on any atom is 0.340 e. The number of carbonyl (C=O) groups is 2.